The van der Waals surface area contributed by atoms with Gasteiger partial charge in [0, 0.05) is 69.7 Å². The van der Waals surface area contributed by atoms with Gasteiger partial charge in [-0.05, 0) is 106 Å². The molecule has 3 fully saturated rings. The highest BCUT2D eigenvalue weighted by molar-refractivity contribution is 7.86. The van der Waals surface area contributed by atoms with E-state index in [9.17, 15) is 37.2 Å². The summed E-state index contributed by atoms with van der Waals surface area (Å²) in [5.74, 6) is -0.492. The smallest absolute Gasteiger partial charge is 0.338 e. The van der Waals surface area contributed by atoms with Crippen molar-refractivity contribution in [3.05, 3.63) is 111 Å². The van der Waals surface area contributed by atoms with Gasteiger partial charge >= 0.3 is 10.1 Å². The van der Waals surface area contributed by atoms with Gasteiger partial charge in [-0.2, -0.15) is 8.42 Å². The molecule has 0 bridgehead atoms. The SMILES string of the molecule is CC.CC.CC1(N2Cc3cc(C4CCN(P)CC4)ccc3C2=O)CCC(=O)NC1=O.Cc1ccc(S(=O)(=O)OC2=CCN(P)CC2)cc1.Cc1ccc2c(c1)CN(C1(C)CCC(=O)NC1=O)C2=O. The minimum absolute atomic E-state index is 0.113. The second-order valence-corrected chi connectivity index (χ2v) is 20.7. The van der Waals surface area contributed by atoms with Gasteiger partial charge in [0.25, 0.3) is 23.6 Å². The maximum Gasteiger partial charge on any atom is 0.338 e. The molecule has 18 heteroatoms. The van der Waals surface area contributed by atoms with Gasteiger partial charge in [-0.1, -0.05) is 94.0 Å². The Morgan fingerprint density at radius 3 is 1.60 bits per heavy atom. The Morgan fingerprint density at radius 2 is 1.12 bits per heavy atom. The number of fused-ring (bicyclic) bond motifs is 2. The molecule has 6 heterocycles. The van der Waals surface area contributed by atoms with E-state index in [1.165, 1.54) is 5.56 Å². The van der Waals surface area contributed by atoms with E-state index in [0.717, 1.165) is 54.7 Å². The summed E-state index contributed by atoms with van der Waals surface area (Å²) in [6, 6.07) is 18.5. The van der Waals surface area contributed by atoms with E-state index in [2.05, 4.69) is 46.2 Å². The number of hydrogen-bond donors (Lipinski definition) is 2. The molecule has 0 spiro atoms. The molecule has 0 radical (unpaired) electrons. The van der Waals surface area contributed by atoms with Crippen LogP contribution in [-0.2, 0) is 46.6 Å². The van der Waals surface area contributed by atoms with E-state index < -0.39 is 21.2 Å². The summed E-state index contributed by atoms with van der Waals surface area (Å²) >= 11 is 0. The fourth-order valence-electron chi connectivity index (χ4n) is 8.81. The first kappa shape index (κ1) is 54.1. The predicted octanol–water partition coefficient (Wildman–Crippen LogP) is 7.09. The molecule has 0 saturated carbocycles. The van der Waals surface area contributed by atoms with Gasteiger partial charge in [-0.25, -0.2) is 0 Å². The molecular weight excluding hydrogens is 923 g/mol. The monoisotopic (exact) mass is 990 g/mol. The van der Waals surface area contributed by atoms with Crippen molar-refractivity contribution in [1.82, 2.24) is 29.8 Å². The molecule has 15 nitrogen and oxygen atoms in total. The van der Waals surface area contributed by atoms with E-state index in [4.69, 9.17) is 4.18 Å². The average molecular weight is 991 g/mol. The van der Waals surface area contributed by atoms with Crippen molar-refractivity contribution in [1.29, 1.82) is 0 Å². The molecule has 3 aromatic carbocycles. The minimum atomic E-state index is -3.69. The van der Waals surface area contributed by atoms with Gasteiger partial charge in [0.2, 0.25) is 11.8 Å². The van der Waals surface area contributed by atoms with Crippen LogP contribution >= 0.6 is 18.8 Å². The summed E-state index contributed by atoms with van der Waals surface area (Å²) in [5.41, 5.74) is 4.76. The van der Waals surface area contributed by atoms with E-state index in [1.54, 1.807) is 54.0 Å². The zero-order chi connectivity index (χ0) is 50.1. The normalized spacial score (nSPS) is 22.9. The van der Waals surface area contributed by atoms with Crippen LogP contribution in [0.4, 0.5) is 0 Å². The zero-order valence-corrected chi connectivity index (χ0v) is 43.8. The van der Waals surface area contributed by atoms with E-state index in [1.807, 2.05) is 70.5 Å². The molecule has 3 saturated heterocycles. The second-order valence-electron chi connectivity index (χ2n) is 17.7. The van der Waals surface area contributed by atoms with Crippen LogP contribution in [0, 0.1) is 13.8 Å². The highest BCUT2D eigenvalue weighted by Gasteiger charge is 2.49. The summed E-state index contributed by atoms with van der Waals surface area (Å²) in [7, 11) is 1.66. The Bertz CT molecular complexity index is 2530. The quantitative estimate of drug-likeness (QED) is 0.146. The molecule has 368 valence electrons. The maximum atomic E-state index is 12.9. The number of benzene rings is 3. The van der Waals surface area contributed by atoms with Gasteiger partial charge in [0.05, 0.1) is 0 Å². The van der Waals surface area contributed by atoms with Crippen molar-refractivity contribution < 1.29 is 41.4 Å². The van der Waals surface area contributed by atoms with Crippen LogP contribution in [0.15, 0.2) is 77.4 Å². The van der Waals surface area contributed by atoms with Gasteiger partial charge in [0.1, 0.15) is 21.7 Å². The second kappa shape index (κ2) is 23.2. The summed E-state index contributed by atoms with van der Waals surface area (Å²) in [6.07, 6.45) is 5.90. The van der Waals surface area contributed by atoms with E-state index in [-0.39, 0.29) is 53.2 Å². The fraction of sp³-hybridized carbons (Fsp3) is 0.480. The Labute approximate surface area is 406 Å². The predicted molar refractivity (Wildman–Crippen MR) is 268 cm³/mol. The molecule has 6 amide bonds. The van der Waals surface area contributed by atoms with Crippen molar-refractivity contribution in [2.75, 3.05) is 26.2 Å². The number of amides is 6. The third-order valence-electron chi connectivity index (χ3n) is 13.1. The topological polar surface area (TPSA) is 183 Å². The zero-order valence-electron chi connectivity index (χ0n) is 40.6. The molecule has 0 aliphatic carbocycles. The van der Waals surface area contributed by atoms with Crippen molar-refractivity contribution >= 4 is 64.3 Å². The lowest BCUT2D eigenvalue weighted by molar-refractivity contribution is -0.143. The molecule has 0 aromatic heterocycles. The Morgan fingerprint density at radius 1 is 0.632 bits per heavy atom. The molecular formula is C50H68N6O9P2S. The van der Waals surface area contributed by atoms with Crippen LogP contribution in [0.2, 0.25) is 0 Å². The Kier molecular flexibility index (Phi) is 18.4. The lowest BCUT2D eigenvalue weighted by atomic mass is 9.88. The number of carbonyl (C=O) groups is 6. The molecule has 4 unspecified atom stereocenters. The summed E-state index contributed by atoms with van der Waals surface area (Å²) < 4.78 is 33.5. The van der Waals surface area contributed by atoms with Crippen LogP contribution in [-0.4, -0.2) is 100 Å². The number of aryl methyl sites for hydroxylation is 2. The summed E-state index contributed by atoms with van der Waals surface area (Å²) in [5, 5.41) is 4.72. The van der Waals surface area contributed by atoms with Crippen molar-refractivity contribution in [3.63, 3.8) is 0 Å². The van der Waals surface area contributed by atoms with Crippen LogP contribution in [0.5, 0.6) is 0 Å². The number of nitrogens with zero attached hydrogens (tertiary/aromatic N) is 4. The molecule has 2 N–H and O–H groups in total. The first-order chi connectivity index (χ1) is 32.3. The van der Waals surface area contributed by atoms with Crippen LogP contribution in [0.25, 0.3) is 0 Å². The largest absolute Gasteiger partial charge is 0.384 e. The standard InChI is InChI=1S/C19H24N3O3P.C15H16N2O3.C12H16NO3PS.2C2H6/c1-19(7-4-16(23)20-18(19)25)22-11-14-10-13(2-3-15(14)17(22)24)12-5-8-21(26)9-6-12;1-9-3-4-11-10(7-9)8-17(13(11)19)15(2)6-5-12(18)16-14(15)20;1-10-2-4-12(5-3-10)18(14,15)16-11-6-8-13(17)9-7-11;2*1-2/h2-3,10,12H,4-9,11,26H2,1H3,(H,20,23,25);3-4,7H,5-6,8H2,1-2H3,(H,16,18,20);2-6H,7-9,17H2,1H3;2*1-2H3. The lowest BCUT2D eigenvalue weighted by Crippen LogP contribution is -2.61. The minimum Gasteiger partial charge on any atom is -0.384 e. The number of carbonyl (C=O) groups excluding carboxylic acids is 6. The molecule has 9 rings (SSSR count). The lowest BCUT2D eigenvalue weighted by Gasteiger charge is -2.39. The third kappa shape index (κ3) is 12.3. The van der Waals surface area contributed by atoms with E-state index in [0.29, 0.717) is 61.7 Å². The van der Waals surface area contributed by atoms with Crippen molar-refractivity contribution in [3.8, 4) is 0 Å². The highest BCUT2D eigenvalue weighted by atomic mass is 32.2. The average Bonchev–Trinajstić information content (AvgIpc) is 3.84. The molecule has 68 heavy (non-hydrogen) atoms. The number of rotatable bonds is 6. The molecule has 3 aromatic rings. The molecule has 6 aliphatic heterocycles. The van der Waals surface area contributed by atoms with E-state index >= 15 is 0 Å². The third-order valence-corrected chi connectivity index (χ3v) is 15.3. The number of hydrogen-bond acceptors (Lipinski definition) is 11. The van der Waals surface area contributed by atoms with Crippen LogP contribution in [0.3, 0.4) is 0 Å². The van der Waals surface area contributed by atoms with Gasteiger partial charge < -0.3 is 14.0 Å². The summed E-state index contributed by atoms with van der Waals surface area (Å²) in [4.78, 5) is 76.2. The fourth-order valence-corrected chi connectivity index (χ4v) is 10.3. The van der Waals surface area contributed by atoms with Crippen LogP contribution in [0.1, 0.15) is 141 Å². The first-order valence-electron chi connectivity index (χ1n) is 23.5. The highest BCUT2D eigenvalue weighted by Crippen LogP contribution is 2.38. The molecule has 6 aliphatic rings. The van der Waals surface area contributed by atoms with Gasteiger partial charge in [0.15, 0.2) is 0 Å². The van der Waals surface area contributed by atoms with Gasteiger partial charge in [-0.3, -0.25) is 48.7 Å². The number of nitrogens with one attached hydrogen (secondary N) is 2. The first-order valence-corrected chi connectivity index (χ1v) is 26.0. The molecule has 4 atom stereocenters. The van der Waals surface area contributed by atoms with Crippen LogP contribution < -0.4 is 10.6 Å². The van der Waals surface area contributed by atoms with Crippen molar-refractivity contribution in [2.24, 2.45) is 0 Å². The van der Waals surface area contributed by atoms with Gasteiger partial charge in [-0.15, -0.1) is 0 Å². The Hall–Kier alpha value is -4.85. The summed E-state index contributed by atoms with van der Waals surface area (Å²) in [6.45, 7) is 19.8. The van der Waals surface area contributed by atoms with Crippen molar-refractivity contribution in [2.45, 2.75) is 135 Å². The maximum absolute atomic E-state index is 12.9. The number of piperidine rings is 3. The number of imide groups is 2. The Balaban J connectivity index is 0.000000187.